The van der Waals surface area contributed by atoms with Crippen molar-refractivity contribution in [1.29, 1.82) is 0 Å². The first-order valence-electron chi connectivity index (χ1n) is 6.70. The summed E-state index contributed by atoms with van der Waals surface area (Å²) in [6.45, 7) is 2.88. The van der Waals surface area contributed by atoms with Gasteiger partial charge in [-0.1, -0.05) is 30.0 Å². The lowest BCUT2D eigenvalue weighted by atomic mass is 10.1. The summed E-state index contributed by atoms with van der Waals surface area (Å²) in [4.78, 5) is 5.97. The molecule has 3 nitrogen and oxygen atoms in total. The summed E-state index contributed by atoms with van der Waals surface area (Å²) in [5.41, 5.74) is 3.46. The van der Waals surface area contributed by atoms with Gasteiger partial charge in [-0.2, -0.15) is 0 Å². The minimum atomic E-state index is 0.0963. The van der Waals surface area contributed by atoms with E-state index >= 15 is 0 Å². The highest BCUT2D eigenvalue weighted by atomic mass is 32.2. The zero-order valence-electron chi connectivity index (χ0n) is 12.4. The molecular formula is C15H20N2OS3. The highest BCUT2D eigenvalue weighted by Crippen LogP contribution is 2.38. The number of thiol groups is 1. The van der Waals surface area contributed by atoms with Crippen LogP contribution in [-0.4, -0.2) is 46.9 Å². The summed E-state index contributed by atoms with van der Waals surface area (Å²) in [7, 11) is 3.94. The van der Waals surface area contributed by atoms with Crippen molar-refractivity contribution < 1.29 is 5.11 Å². The topological polar surface area (TPSA) is 26.7 Å². The standard InChI is InChI=1S/C15H20N2OS3/c1-10-8-12(16(2)6-7-18)5-4-11(10)9-13-14(19)17(3)15(20)21-13/h4-5,8-9,15,18,20H,6-7H2,1-3H3/b13-9-. The van der Waals surface area contributed by atoms with Crippen molar-refractivity contribution in [1.82, 2.24) is 4.90 Å². The molecule has 0 amide bonds. The number of nitrogens with zero attached hydrogens (tertiary/aromatic N) is 2. The van der Waals surface area contributed by atoms with E-state index < -0.39 is 0 Å². The van der Waals surface area contributed by atoms with Crippen molar-refractivity contribution in [3.8, 4) is 0 Å². The number of anilines is 1. The van der Waals surface area contributed by atoms with Gasteiger partial charge in [0.05, 0.1) is 6.61 Å². The maximum atomic E-state index is 9.01. The Labute approximate surface area is 141 Å². The van der Waals surface area contributed by atoms with Gasteiger partial charge in [0, 0.05) is 31.2 Å². The van der Waals surface area contributed by atoms with E-state index in [-0.39, 0.29) is 11.3 Å². The maximum Gasteiger partial charge on any atom is 0.124 e. The van der Waals surface area contributed by atoms with Crippen molar-refractivity contribution in [2.75, 3.05) is 32.1 Å². The lowest BCUT2D eigenvalue weighted by molar-refractivity contribution is 0.304. The van der Waals surface area contributed by atoms with Crippen molar-refractivity contribution >= 4 is 53.4 Å². The van der Waals surface area contributed by atoms with E-state index in [2.05, 4.69) is 43.8 Å². The Morgan fingerprint density at radius 1 is 1.52 bits per heavy atom. The minimum Gasteiger partial charge on any atom is -0.395 e. The highest BCUT2D eigenvalue weighted by molar-refractivity contribution is 8.15. The fourth-order valence-electron chi connectivity index (χ4n) is 2.09. The Balaban J connectivity index is 2.24. The molecule has 1 aliphatic heterocycles. The molecule has 0 aliphatic carbocycles. The second-order valence-corrected chi connectivity index (χ2v) is 7.40. The number of aliphatic hydroxyl groups excluding tert-OH is 1. The Morgan fingerprint density at radius 3 is 2.76 bits per heavy atom. The van der Waals surface area contributed by atoms with E-state index in [0.717, 1.165) is 21.1 Å². The smallest absolute Gasteiger partial charge is 0.124 e. The molecule has 1 unspecified atom stereocenters. The normalized spacial score (nSPS) is 20.4. The van der Waals surface area contributed by atoms with Gasteiger partial charge in [0.1, 0.15) is 9.69 Å². The summed E-state index contributed by atoms with van der Waals surface area (Å²) in [5, 5.41) is 9.01. The Hall–Kier alpha value is -0.690. The van der Waals surface area contributed by atoms with Crippen LogP contribution >= 0.6 is 36.6 Å². The number of rotatable bonds is 4. The zero-order chi connectivity index (χ0) is 15.6. The van der Waals surface area contributed by atoms with Crippen LogP contribution in [0.1, 0.15) is 11.1 Å². The number of hydrogen-bond acceptors (Lipinski definition) is 5. The van der Waals surface area contributed by atoms with E-state index in [1.165, 1.54) is 5.56 Å². The van der Waals surface area contributed by atoms with E-state index in [1.807, 2.05) is 23.9 Å². The molecule has 0 saturated carbocycles. The first-order chi connectivity index (χ1) is 9.93. The molecule has 1 aromatic carbocycles. The van der Waals surface area contributed by atoms with Gasteiger partial charge in [-0.15, -0.1) is 12.6 Å². The van der Waals surface area contributed by atoms with Gasteiger partial charge in [-0.05, 0) is 36.3 Å². The molecule has 6 heteroatoms. The van der Waals surface area contributed by atoms with Crippen LogP contribution in [0, 0.1) is 6.92 Å². The molecule has 1 N–H and O–H groups in total. The molecule has 1 atom stereocenters. The Morgan fingerprint density at radius 2 is 2.24 bits per heavy atom. The van der Waals surface area contributed by atoms with Crippen molar-refractivity contribution in [2.24, 2.45) is 0 Å². The summed E-state index contributed by atoms with van der Waals surface area (Å²) in [6, 6.07) is 6.30. The van der Waals surface area contributed by atoms with Crippen LogP contribution in [0.2, 0.25) is 0 Å². The summed E-state index contributed by atoms with van der Waals surface area (Å²) < 4.78 is 0.0963. The van der Waals surface area contributed by atoms with Gasteiger partial charge in [0.2, 0.25) is 0 Å². The highest BCUT2D eigenvalue weighted by Gasteiger charge is 2.27. The van der Waals surface area contributed by atoms with E-state index in [4.69, 9.17) is 17.3 Å². The molecule has 1 fully saturated rings. The Bertz CT molecular complexity index is 574. The molecule has 1 aliphatic rings. The van der Waals surface area contributed by atoms with Gasteiger partial charge in [-0.25, -0.2) is 0 Å². The van der Waals surface area contributed by atoms with Gasteiger partial charge in [0.25, 0.3) is 0 Å². The predicted molar refractivity (Wildman–Crippen MR) is 100 cm³/mol. The number of hydrogen-bond donors (Lipinski definition) is 2. The van der Waals surface area contributed by atoms with Crippen LogP contribution in [0.25, 0.3) is 6.08 Å². The third kappa shape index (κ3) is 3.74. The van der Waals surface area contributed by atoms with E-state index in [1.54, 1.807) is 11.8 Å². The van der Waals surface area contributed by atoms with Crippen LogP contribution in [0.5, 0.6) is 0 Å². The second-order valence-electron chi connectivity index (χ2n) is 5.05. The van der Waals surface area contributed by atoms with Gasteiger partial charge >= 0.3 is 0 Å². The van der Waals surface area contributed by atoms with Crippen LogP contribution < -0.4 is 4.90 Å². The molecule has 0 radical (unpaired) electrons. The fraction of sp³-hybridized carbons (Fsp3) is 0.400. The molecule has 21 heavy (non-hydrogen) atoms. The molecule has 1 heterocycles. The molecule has 0 spiro atoms. The van der Waals surface area contributed by atoms with Gasteiger partial charge in [-0.3, -0.25) is 0 Å². The quantitative estimate of drug-likeness (QED) is 0.499. The Kier molecular flexibility index (Phi) is 5.60. The third-order valence-electron chi connectivity index (χ3n) is 3.51. The first kappa shape index (κ1) is 16.7. The van der Waals surface area contributed by atoms with Crippen molar-refractivity contribution in [3.63, 3.8) is 0 Å². The molecule has 1 saturated heterocycles. The largest absolute Gasteiger partial charge is 0.395 e. The lowest BCUT2D eigenvalue weighted by Gasteiger charge is -2.19. The molecule has 114 valence electrons. The van der Waals surface area contributed by atoms with Crippen LogP contribution in [0.3, 0.4) is 0 Å². The number of thioether (sulfide) groups is 1. The average molecular weight is 341 g/mol. The third-order valence-corrected chi connectivity index (χ3v) is 5.90. The fourth-order valence-corrected chi connectivity index (χ4v) is 3.93. The minimum absolute atomic E-state index is 0.0963. The monoisotopic (exact) mass is 340 g/mol. The summed E-state index contributed by atoms with van der Waals surface area (Å²) >= 11 is 11.6. The van der Waals surface area contributed by atoms with Gasteiger partial charge < -0.3 is 14.9 Å². The number of aliphatic hydroxyl groups is 1. The summed E-state index contributed by atoms with van der Waals surface area (Å²) in [5.74, 6) is 0. The first-order valence-corrected chi connectivity index (χ1v) is 8.50. The number of aryl methyl sites for hydroxylation is 1. The average Bonchev–Trinajstić information content (AvgIpc) is 2.69. The van der Waals surface area contributed by atoms with Gasteiger partial charge in [0.15, 0.2) is 0 Å². The molecule has 2 rings (SSSR count). The molecule has 0 bridgehead atoms. The zero-order valence-corrected chi connectivity index (χ0v) is 14.9. The van der Waals surface area contributed by atoms with Crippen LogP contribution in [-0.2, 0) is 0 Å². The molecular weight excluding hydrogens is 320 g/mol. The van der Waals surface area contributed by atoms with E-state index in [9.17, 15) is 0 Å². The second kappa shape index (κ2) is 7.05. The number of likely N-dealkylation sites (N-methyl/N-ethyl adjacent to an activating group) is 2. The summed E-state index contributed by atoms with van der Waals surface area (Å²) in [6.07, 6.45) is 2.13. The van der Waals surface area contributed by atoms with Crippen molar-refractivity contribution in [2.45, 2.75) is 11.6 Å². The van der Waals surface area contributed by atoms with Crippen LogP contribution in [0.15, 0.2) is 23.1 Å². The maximum absolute atomic E-state index is 9.01. The number of thiocarbonyl (C=S) groups is 1. The van der Waals surface area contributed by atoms with E-state index in [0.29, 0.717) is 6.54 Å². The molecule has 1 aromatic rings. The SMILES string of the molecule is Cc1cc(N(C)CCO)ccc1/C=C1\SC(S)N(C)C1=S. The molecule has 0 aromatic heterocycles. The predicted octanol–water partition coefficient (Wildman–Crippen LogP) is 2.98. The van der Waals surface area contributed by atoms with Crippen molar-refractivity contribution in [3.05, 3.63) is 34.2 Å². The number of benzene rings is 1. The van der Waals surface area contributed by atoms with Crippen LogP contribution in [0.4, 0.5) is 5.69 Å². The lowest BCUT2D eigenvalue weighted by Crippen LogP contribution is -2.22.